The van der Waals surface area contributed by atoms with Crippen LogP contribution in [0.5, 0.6) is 0 Å². The van der Waals surface area contributed by atoms with Crippen molar-refractivity contribution in [3.8, 4) is 0 Å². The summed E-state index contributed by atoms with van der Waals surface area (Å²) in [5.74, 6) is 2.23. The molecule has 0 amide bonds. The summed E-state index contributed by atoms with van der Waals surface area (Å²) in [4.78, 5) is 6.84. The van der Waals surface area contributed by atoms with Crippen molar-refractivity contribution in [1.82, 2.24) is 30.1 Å². The van der Waals surface area contributed by atoms with Gasteiger partial charge >= 0.3 is 0 Å². The van der Waals surface area contributed by atoms with Crippen LogP contribution in [0.15, 0.2) is 53.7 Å². The van der Waals surface area contributed by atoms with E-state index in [-0.39, 0.29) is 0 Å². The number of hydrogen-bond acceptors (Lipinski definition) is 4. The number of nitrogens with zero attached hydrogens (tertiary/aromatic N) is 5. The van der Waals surface area contributed by atoms with Gasteiger partial charge in [0.1, 0.15) is 5.82 Å². The van der Waals surface area contributed by atoms with Crippen LogP contribution in [0.25, 0.3) is 5.65 Å². The molecule has 0 bridgehead atoms. The summed E-state index contributed by atoms with van der Waals surface area (Å²) in [6.07, 6.45) is 5.14. The highest BCUT2D eigenvalue weighted by Gasteiger charge is 2.30. The lowest BCUT2D eigenvalue weighted by atomic mass is 9.85. The lowest BCUT2D eigenvalue weighted by Gasteiger charge is -2.40. The minimum Gasteiger partial charge on any atom is -0.356 e. The van der Waals surface area contributed by atoms with Crippen molar-refractivity contribution in [3.05, 3.63) is 65.1 Å². The molecule has 0 radical (unpaired) electrons. The fraction of sp³-hybridized carbons (Fsp3) is 0.435. The van der Waals surface area contributed by atoms with Crippen molar-refractivity contribution in [1.29, 1.82) is 0 Å². The number of fused-ring (bicyclic) bond motifs is 1. The minimum absolute atomic E-state index is 0.348. The van der Waals surface area contributed by atoms with E-state index in [9.17, 15) is 0 Å². The van der Waals surface area contributed by atoms with Crippen molar-refractivity contribution in [2.24, 2.45) is 10.9 Å². The van der Waals surface area contributed by atoms with E-state index in [4.69, 9.17) is 11.6 Å². The largest absolute Gasteiger partial charge is 0.356 e. The summed E-state index contributed by atoms with van der Waals surface area (Å²) in [5.41, 5.74) is 2.15. The second kappa shape index (κ2) is 10.1. The highest BCUT2D eigenvalue weighted by atomic mass is 35.5. The van der Waals surface area contributed by atoms with E-state index in [0.717, 1.165) is 48.5 Å². The van der Waals surface area contributed by atoms with Crippen molar-refractivity contribution >= 4 is 23.2 Å². The van der Waals surface area contributed by atoms with Gasteiger partial charge < -0.3 is 10.6 Å². The van der Waals surface area contributed by atoms with E-state index in [1.54, 1.807) is 0 Å². The summed E-state index contributed by atoms with van der Waals surface area (Å²) in [7, 11) is 4.01. The number of hydrogen-bond donors (Lipinski definition) is 2. The summed E-state index contributed by atoms with van der Waals surface area (Å²) < 4.78 is 2.02. The number of rotatable bonds is 6. The average molecular weight is 440 g/mol. The number of piperidine rings is 1. The van der Waals surface area contributed by atoms with Crippen molar-refractivity contribution in [2.75, 3.05) is 33.7 Å². The number of aliphatic imine (C=N–C) groups is 1. The maximum atomic E-state index is 6.27. The molecule has 2 atom stereocenters. The Kier molecular flexibility index (Phi) is 7.04. The number of guanidine groups is 1. The first-order chi connectivity index (χ1) is 15.2. The Bertz CT molecular complexity index is 1030. The van der Waals surface area contributed by atoms with Crippen LogP contribution in [0, 0.1) is 5.92 Å². The predicted molar refractivity (Wildman–Crippen MR) is 126 cm³/mol. The zero-order chi connectivity index (χ0) is 21.6. The fourth-order valence-electron chi connectivity index (χ4n) is 4.49. The third kappa shape index (κ3) is 5.17. The quantitative estimate of drug-likeness (QED) is 0.456. The van der Waals surface area contributed by atoms with E-state index in [2.05, 4.69) is 49.9 Å². The van der Waals surface area contributed by atoms with Gasteiger partial charge in [0.2, 0.25) is 0 Å². The van der Waals surface area contributed by atoms with Crippen LogP contribution in [0.2, 0.25) is 5.02 Å². The van der Waals surface area contributed by atoms with Gasteiger partial charge in [-0.25, -0.2) is 0 Å². The number of pyridine rings is 1. The van der Waals surface area contributed by atoms with Crippen LogP contribution in [-0.4, -0.2) is 59.2 Å². The molecule has 4 rings (SSSR count). The first kappa shape index (κ1) is 21.6. The molecule has 1 aliphatic rings. The molecule has 2 aromatic heterocycles. The van der Waals surface area contributed by atoms with Crippen LogP contribution < -0.4 is 10.6 Å². The predicted octanol–water partition coefficient (Wildman–Crippen LogP) is 3.17. The zero-order valence-corrected chi connectivity index (χ0v) is 18.9. The Hall–Kier alpha value is -2.64. The fourth-order valence-corrected chi connectivity index (χ4v) is 4.69. The first-order valence-electron chi connectivity index (χ1n) is 10.8. The monoisotopic (exact) mass is 439 g/mol. The second-order valence-corrected chi connectivity index (χ2v) is 8.49. The van der Waals surface area contributed by atoms with Crippen molar-refractivity contribution in [3.63, 3.8) is 0 Å². The van der Waals surface area contributed by atoms with E-state index in [1.807, 2.05) is 48.0 Å². The molecule has 2 unspecified atom stereocenters. The molecule has 1 aliphatic heterocycles. The smallest absolute Gasteiger partial charge is 0.191 e. The Morgan fingerprint density at radius 3 is 2.94 bits per heavy atom. The lowest BCUT2D eigenvalue weighted by molar-refractivity contribution is 0.122. The molecule has 1 aromatic carbocycles. The van der Waals surface area contributed by atoms with E-state index >= 15 is 0 Å². The second-order valence-electron chi connectivity index (χ2n) is 8.06. The lowest BCUT2D eigenvalue weighted by Crippen LogP contribution is -2.45. The number of aromatic nitrogens is 3. The van der Waals surface area contributed by atoms with Gasteiger partial charge in [0.05, 0.1) is 0 Å². The van der Waals surface area contributed by atoms with Crippen LogP contribution >= 0.6 is 11.6 Å². The molecule has 164 valence electrons. The molecule has 1 fully saturated rings. The molecule has 7 nitrogen and oxygen atoms in total. The maximum Gasteiger partial charge on any atom is 0.191 e. The first-order valence-corrected chi connectivity index (χ1v) is 11.2. The maximum absolute atomic E-state index is 6.27. The van der Waals surface area contributed by atoms with Crippen molar-refractivity contribution < 1.29 is 0 Å². The Morgan fingerprint density at radius 2 is 2.10 bits per heavy atom. The Labute approximate surface area is 188 Å². The molecule has 1 saturated heterocycles. The van der Waals surface area contributed by atoms with E-state index < -0.39 is 0 Å². The molecule has 3 heterocycles. The number of benzene rings is 1. The van der Waals surface area contributed by atoms with Crippen LogP contribution in [0.3, 0.4) is 0 Å². The SMILES string of the molecule is CN=C(NCCc1nnc2ccccn12)NCC1CCCN(C)C1c1cccc(Cl)c1. The molecule has 0 saturated carbocycles. The Morgan fingerprint density at radius 1 is 1.19 bits per heavy atom. The van der Waals surface area contributed by atoms with Gasteiger partial charge in [-0.3, -0.25) is 14.3 Å². The summed E-state index contributed by atoms with van der Waals surface area (Å²) in [5, 5.41) is 16.2. The van der Waals surface area contributed by atoms with Gasteiger partial charge in [-0.2, -0.15) is 0 Å². The average Bonchev–Trinajstić information content (AvgIpc) is 3.19. The third-order valence-corrected chi connectivity index (χ3v) is 6.21. The van der Waals surface area contributed by atoms with E-state index in [0.29, 0.717) is 12.0 Å². The molecule has 3 aromatic rings. The van der Waals surface area contributed by atoms with Gasteiger partial charge in [-0.15, -0.1) is 10.2 Å². The summed E-state index contributed by atoms with van der Waals surface area (Å²) in [6.45, 7) is 2.69. The molecule has 0 aliphatic carbocycles. The van der Waals surface area contributed by atoms with Crippen molar-refractivity contribution in [2.45, 2.75) is 25.3 Å². The van der Waals surface area contributed by atoms with Gasteiger partial charge in [-0.05, 0) is 62.2 Å². The van der Waals surface area contributed by atoms with Crippen LogP contribution in [0.4, 0.5) is 0 Å². The summed E-state index contributed by atoms with van der Waals surface area (Å²) >= 11 is 6.27. The van der Waals surface area contributed by atoms with Gasteiger partial charge in [0.15, 0.2) is 11.6 Å². The highest BCUT2D eigenvalue weighted by Crippen LogP contribution is 2.35. The van der Waals surface area contributed by atoms with Crippen LogP contribution in [-0.2, 0) is 6.42 Å². The zero-order valence-electron chi connectivity index (χ0n) is 18.1. The normalized spacial score (nSPS) is 20.2. The number of halogens is 1. The molecular weight excluding hydrogens is 410 g/mol. The summed E-state index contributed by atoms with van der Waals surface area (Å²) in [6, 6.07) is 14.5. The molecule has 31 heavy (non-hydrogen) atoms. The van der Waals surface area contributed by atoms with Gasteiger partial charge in [-0.1, -0.05) is 29.8 Å². The molecule has 8 heteroatoms. The van der Waals surface area contributed by atoms with Gasteiger partial charge in [0.25, 0.3) is 0 Å². The molecule has 0 spiro atoms. The number of likely N-dealkylation sites (tertiary alicyclic amines) is 1. The molecular formula is C23H30ClN7. The van der Waals surface area contributed by atoms with Crippen LogP contribution in [0.1, 0.15) is 30.3 Å². The third-order valence-electron chi connectivity index (χ3n) is 5.98. The van der Waals surface area contributed by atoms with E-state index in [1.165, 1.54) is 18.4 Å². The standard InChI is InChI=1S/C23H30ClN7/c1-25-23(26-12-11-21-29-28-20-10-3-4-14-31(20)21)27-16-18-8-6-13-30(2)22(18)17-7-5-9-19(24)15-17/h3-5,7,9-10,14-15,18,22H,6,8,11-13,16H2,1-2H3,(H2,25,26,27). The topological polar surface area (TPSA) is 69.8 Å². The highest BCUT2D eigenvalue weighted by molar-refractivity contribution is 6.30. The Balaban J connectivity index is 1.33. The molecule has 2 N–H and O–H groups in total. The number of nitrogens with one attached hydrogen (secondary N) is 2. The van der Waals surface area contributed by atoms with Gasteiger partial charge in [0, 0.05) is 43.8 Å². The minimum atomic E-state index is 0.348.